The molecule has 0 aliphatic carbocycles. The van der Waals surface area contributed by atoms with Crippen LogP contribution in [0.3, 0.4) is 0 Å². The van der Waals surface area contributed by atoms with Gasteiger partial charge in [-0.1, -0.05) is 60.7 Å². The van der Waals surface area contributed by atoms with E-state index in [1.54, 1.807) is 0 Å². The first-order valence-corrected chi connectivity index (χ1v) is 6.59. The molecule has 1 fully saturated rings. The summed E-state index contributed by atoms with van der Waals surface area (Å²) < 4.78 is 0. The number of amides is 1. The number of likely N-dealkylation sites (tertiary alicyclic amines) is 1. The average Bonchev–Trinajstić information content (AvgIpc) is 2.48. The van der Waals surface area contributed by atoms with Crippen LogP contribution in [0.5, 0.6) is 0 Å². The molecule has 1 amide bonds. The Morgan fingerprint density at radius 2 is 1.58 bits per heavy atom. The fourth-order valence-electron chi connectivity index (χ4n) is 2.73. The van der Waals surface area contributed by atoms with Gasteiger partial charge in [0, 0.05) is 13.1 Å². The van der Waals surface area contributed by atoms with Crippen LogP contribution >= 0.6 is 0 Å². The molecule has 1 heterocycles. The van der Waals surface area contributed by atoms with E-state index in [0.717, 1.165) is 12.1 Å². The van der Waals surface area contributed by atoms with Crippen molar-refractivity contribution < 1.29 is 4.79 Å². The van der Waals surface area contributed by atoms with E-state index in [1.807, 2.05) is 60.4 Å². The zero-order chi connectivity index (χ0) is 13.3. The molecule has 2 aromatic carbocycles. The van der Waals surface area contributed by atoms with Crippen LogP contribution in [0.2, 0.25) is 0 Å². The molecule has 1 aliphatic rings. The van der Waals surface area contributed by atoms with Crippen LogP contribution in [-0.2, 0) is 16.8 Å². The van der Waals surface area contributed by atoms with E-state index in [-0.39, 0.29) is 11.3 Å². The molecule has 2 nitrogen and oxygen atoms in total. The number of hydrogen-bond acceptors (Lipinski definition) is 1. The number of rotatable bonds is 3. The number of β-lactam (4-membered cyclic amide) rings is 1. The first-order chi connectivity index (χ1) is 9.20. The molecule has 3 rings (SSSR count). The Balaban J connectivity index is 1.73. The van der Waals surface area contributed by atoms with Gasteiger partial charge in [-0.15, -0.1) is 0 Å². The third-order valence-electron chi connectivity index (χ3n) is 3.89. The van der Waals surface area contributed by atoms with E-state index >= 15 is 0 Å². The molecule has 0 N–H and O–H groups in total. The predicted octanol–water partition coefficient (Wildman–Crippen LogP) is 2.99. The van der Waals surface area contributed by atoms with Gasteiger partial charge in [-0.25, -0.2) is 0 Å². The Morgan fingerprint density at radius 3 is 2.16 bits per heavy atom. The Morgan fingerprint density at radius 1 is 1.00 bits per heavy atom. The Kier molecular flexibility index (Phi) is 2.86. The highest BCUT2D eigenvalue weighted by molar-refractivity contribution is 5.93. The van der Waals surface area contributed by atoms with Gasteiger partial charge in [0.15, 0.2) is 0 Å². The van der Waals surface area contributed by atoms with Gasteiger partial charge in [-0.2, -0.15) is 0 Å². The third kappa shape index (κ3) is 2.03. The number of carbonyl (C=O) groups is 1. The lowest BCUT2D eigenvalue weighted by Crippen LogP contribution is -2.62. The van der Waals surface area contributed by atoms with Crippen molar-refractivity contribution in [1.82, 2.24) is 4.90 Å². The molecule has 2 aromatic rings. The van der Waals surface area contributed by atoms with Gasteiger partial charge in [0.05, 0.1) is 5.41 Å². The van der Waals surface area contributed by atoms with Crippen molar-refractivity contribution in [3.8, 4) is 0 Å². The van der Waals surface area contributed by atoms with Crippen molar-refractivity contribution in [2.75, 3.05) is 6.54 Å². The summed E-state index contributed by atoms with van der Waals surface area (Å²) in [5, 5.41) is 0. The van der Waals surface area contributed by atoms with Gasteiger partial charge in [0.2, 0.25) is 5.91 Å². The smallest absolute Gasteiger partial charge is 0.235 e. The van der Waals surface area contributed by atoms with Crippen LogP contribution in [-0.4, -0.2) is 17.4 Å². The van der Waals surface area contributed by atoms with Gasteiger partial charge in [-0.05, 0) is 18.1 Å². The summed E-state index contributed by atoms with van der Waals surface area (Å²) in [6.45, 7) is 3.54. The molecule has 1 unspecified atom stereocenters. The predicted molar refractivity (Wildman–Crippen MR) is 75.7 cm³/mol. The molecule has 19 heavy (non-hydrogen) atoms. The quantitative estimate of drug-likeness (QED) is 0.768. The molecule has 2 heteroatoms. The van der Waals surface area contributed by atoms with Gasteiger partial charge < -0.3 is 4.90 Å². The maximum Gasteiger partial charge on any atom is 0.235 e. The number of nitrogens with zero attached hydrogens (tertiary/aromatic N) is 1. The maximum atomic E-state index is 12.4. The zero-order valence-corrected chi connectivity index (χ0v) is 11.0. The normalized spacial score (nSPS) is 22.2. The van der Waals surface area contributed by atoms with Crippen molar-refractivity contribution in [3.63, 3.8) is 0 Å². The molecule has 0 spiro atoms. The van der Waals surface area contributed by atoms with E-state index in [4.69, 9.17) is 0 Å². The molecule has 0 aromatic heterocycles. The summed E-state index contributed by atoms with van der Waals surface area (Å²) in [4.78, 5) is 14.3. The van der Waals surface area contributed by atoms with E-state index < -0.39 is 0 Å². The Bertz CT molecular complexity index is 579. The minimum absolute atomic E-state index is 0.225. The zero-order valence-electron chi connectivity index (χ0n) is 11.0. The van der Waals surface area contributed by atoms with Crippen LogP contribution in [0, 0.1) is 0 Å². The minimum atomic E-state index is -0.337. The van der Waals surface area contributed by atoms with Crippen LogP contribution in [0.4, 0.5) is 0 Å². The lowest BCUT2D eigenvalue weighted by Gasteiger charge is -2.47. The molecule has 1 aliphatic heterocycles. The number of carbonyl (C=O) groups excluding carboxylic acids is 1. The molecule has 0 radical (unpaired) electrons. The number of hydrogen-bond donors (Lipinski definition) is 0. The van der Waals surface area contributed by atoms with E-state index in [2.05, 4.69) is 12.1 Å². The Hall–Kier alpha value is -2.09. The minimum Gasteiger partial charge on any atom is -0.336 e. The largest absolute Gasteiger partial charge is 0.336 e. The summed E-state index contributed by atoms with van der Waals surface area (Å²) in [7, 11) is 0. The average molecular weight is 251 g/mol. The topological polar surface area (TPSA) is 20.3 Å². The lowest BCUT2D eigenvalue weighted by atomic mass is 9.74. The van der Waals surface area contributed by atoms with Crippen LogP contribution in [0.15, 0.2) is 60.7 Å². The highest BCUT2D eigenvalue weighted by Crippen LogP contribution is 2.36. The summed E-state index contributed by atoms with van der Waals surface area (Å²) in [6.07, 6.45) is 0. The van der Waals surface area contributed by atoms with Crippen molar-refractivity contribution in [3.05, 3.63) is 71.8 Å². The van der Waals surface area contributed by atoms with Gasteiger partial charge in [0.1, 0.15) is 0 Å². The van der Waals surface area contributed by atoms with Crippen LogP contribution < -0.4 is 0 Å². The van der Waals surface area contributed by atoms with Crippen LogP contribution in [0.25, 0.3) is 0 Å². The molecular formula is C17H17NO. The first kappa shape index (κ1) is 12.0. The molecule has 0 bridgehead atoms. The molecule has 1 saturated heterocycles. The van der Waals surface area contributed by atoms with Crippen molar-refractivity contribution >= 4 is 5.91 Å². The summed E-state index contributed by atoms with van der Waals surface area (Å²) in [6, 6.07) is 20.2. The highest BCUT2D eigenvalue weighted by atomic mass is 16.2. The second-order valence-corrected chi connectivity index (χ2v) is 5.34. The summed E-state index contributed by atoms with van der Waals surface area (Å²) in [5.74, 6) is 0.225. The highest BCUT2D eigenvalue weighted by Gasteiger charge is 2.48. The van der Waals surface area contributed by atoms with Crippen molar-refractivity contribution in [2.24, 2.45) is 0 Å². The standard InChI is InChI=1S/C17H17NO/c1-17(15-10-6-3-7-11-15)13-18(16(17)19)12-14-8-4-2-5-9-14/h2-11H,12-13H2,1H3. The molecule has 1 atom stereocenters. The van der Waals surface area contributed by atoms with E-state index in [0.29, 0.717) is 6.54 Å². The second-order valence-electron chi connectivity index (χ2n) is 5.34. The first-order valence-electron chi connectivity index (χ1n) is 6.59. The number of benzene rings is 2. The van der Waals surface area contributed by atoms with E-state index in [9.17, 15) is 4.79 Å². The van der Waals surface area contributed by atoms with E-state index in [1.165, 1.54) is 5.56 Å². The molecular weight excluding hydrogens is 234 g/mol. The molecule has 0 saturated carbocycles. The fraction of sp³-hybridized carbons (Fsp3) is 0.235. The van der Waals surface area contributed by atoms with Gasteiger partial charge >= 0.3 is 0 Å². The SMILES string of the molecule is CC1(c2ccccc2)CN(Cc2ccccc2)C1=O. The lowest BCUT2D eigenvalue weighted by molar-refractivity contribution is -0.151. The molecule has 96 valence electrons. The second kappa shape index (κ2) is 4.54. The monoisotopic (exact) mass is 251 g/mol. The van der Waals surface area contributed by atoms with Gasteiger partial charge in [0.25, 0.3) is 0 Å². The van der Waals surface area contributed by atoms with Gasteiger partial charge in [-0.3, -0.25) is 4.79 Å². The fourth-order valence-corrected chi connectivity index (χ4v) is 2.73. The maximum absolute atomic E-state index is 12.4. The summed E-state index contributed by atoms with van der Waals surface area (Å²) in [5.41, 5.74) is 1.96. The summed E-state index contributed by atoms with van der Waals surface area (Å²) >= 11 is 0. The van der Waals surface area contributed by atoms with Crippen molar-refractivity contribution in [2.45, 2.75) is 18.9 Å². The third-order valence-corrected chi connectivity index (χ3v) is 3.89. The Labute approximate surface area is 113 Å². The van der Waals surface area contributed by atoms with Crippen LogP contribution in [0.1, 0.15) is 18.1 Å². The van der Waals surface area contributed by atoms with Crippen molar-refractivity contribution in [1.29, 1.82) is 0 Å².